The van der Waals surface area contributed by atoms with Crippen molar-refractivity contribution in [3.05, 3.63) is 48.7 Å². The summed E-state index contributed by atoms with van der Waals surface area (Å²) in [5.74, 6) is 0.781. The Morgan fingerprint density at radius 3 is 2.53 bits per heavy atom. The zero-order valence-electron chi connectivity index (χ0n) is 9.95. The van der Waals surface area contributed by atoms with Gasteiger partial charge in [0.2, 0.25) is 0 Å². The molecule has 1 unspecified atom stereocenters. The number of hydrogen-bond donors (Lipinski definition) is 0. The minimum absolute atomic E-state index is 0.0466. The van der Waals surface area contributed by atoms with Crippen LogP contribution in [0.2, 0.25) is 0 Å². The lowest BCUT2D eigenvalue weighted by molar-refractivity contribution is 0.0621. The van der Waals surface area contributed by atoms with E-state index in [1.54, 1.807) is 7.11 Å². The third-order valence-corrected chi connectivity index (χ3v) is 2.51. The number of methoxy groups -OCH3 is 1. The first-order valence-corrected chi connectivity index (χ1v) is 5.47. The Morgan fingerprint density at radius 1 is 1.06 bits per heavy atom. The minimum Gasteiger partial charge on any atom is -0.362 e. The molecule has 2 rings (SSSR count). The highest BCUT2D eigenvalue weighted by molar-refractivity contribution is 5.37. The highest BCUT2D eigenvalue weighted by atomic mass is 16.5. The van der Waals surface area contributed by atoms with Gasteiger partial charge in [0.05, 0.1) is 5.69 Å². The number of aromatic nitrogens is 1. The fourth-order valence-electron chi connectivity index (χ4n) is 1.49. The summed E-state index contributed by atoms with van der Waals surface area (Å²) in [7, 11) is 1.67. The summed E-state index contributed by atoms with van der Waals surface area (Å²) in [4.78, 5) is 0. The molecule has 88 valence electrons. The molecule has 0 aliphatic carbocycles. The van der Waals surface area contributed by atoms with Crippen molar-refractivity contribution >= 4 is 11.5 Å². The fourth-order valence-corrected chi connectivity index (χ4v) is 1.49. The summed E-state index contributed by atoms with van der Waals surface area (Å²) in [5.41, 5.74) is 0.838. The van der Waals surface area contributed by atoms with E-state index >= 15 is 0 Å². The van der Waals surface area contributed by atoms with Crippen molar-refractivity contribution in [1.82, 2.24) is 4.57 Å². The average Bonchev–Trinajstić information content (AvgIpc) is 2.85. The van der Waals surface area contributed by atoms with Crippen LogP contribution >= 0.6 is 0 Å². The Hall–Kier alpha value is -1.94. The molecule has 1 atom stereocenters. The van der Waals surface area contributed by atoms with Crippen LogP contribution in [0.25, 0.3) is 0 Å². The van der Waals surface area contributed by atoms with Crippen molar-refractivity contribution in [2.75, 3.05) is 7.11 Å². The molecule has 0 N–H and O–H groups in total. The van der Waals surface area contributed by atoms with Gasteiger partial charge in [-0.1, -0.05) is 18.2 Å². The van der Waals surface area contributed by atoms with Gasteiger partial charge < -0.3 is 9.30 Å². The fraction of sp³-hybridized carbons (Fsp3) is 0.231. The summed E-state index contributed by atoms with van der Waals surface area (Å²) < 4.78 is 7.17. The van der Waals surface area contributed by atoms with Gasteiger partial charge >= 0.3 is 0 Å². The zero-order chi connectivity index (χ0) is 12.1. The number of nitrogens with zero attached hydrogens (tertiary/aromatic N) is 3. The average molecular weight is 229 g/mol. The lowest BCUT2D eigenvalue weighted by Crippen LogP contribution is -2.04. The van der Waals surface area contributed by atoms with Gasteiger partial charge in [0, 0.05) is 13.3 Å². The first kappa shape index (κ1) is 11.5. The van der Waals surface area contributed by atoms with Crippen molar-refractivity contribution in [2.45, 2.75) is 13.2 Å². The van der Waals surface area contributed by atoms with Gasteiger partial charge in [0.1, 0.15) is 6.23 Å². The Kier molecular flexibility index (Phi) is 3.67. The van der Waals surface area contributed by atoms with Crippen LogP contribution in [-0.2, 0) is 4.74 Å². The molecule has 0 saturated heterocycles. The van der Waals surface area contributed by atoms with E-state index in [-0.39, 0.29) is 6.23 Å². The van der Waals surface area contributed by atoms with E-state index in [4.69, 9.17) is 4.74 Å². The Labute approximate surface area is 101 Å². The maximum absolute atomic E-state index is 5.25. The van der Waals surface area contributed by atoms with Crippen LogP contribution in [0.3, 0.4) is 0 Å². The van der Waals surface area contributed by atoms with E-state index < -0.39 is 0 Å². The van der Waals surface area contributed by atoms with E-state index in [1.165, 1.54) is 0 Å². The van der Waals surface area contributed by atoms with Gasteiger partial charge in [-0.05, 0) is 31.2 Å². The lowest BCUT2D eigenvalue weighted by Gasteiger charge is -2.12. The zero-order valence-corrected chi connectivity index (χ0v) is 9.95. The number of ether oxygens (including phenoxy) is 1. The smallest absolute Gasteiger partial charge is 0.157 e. The molecule has 4 nitrogen and oxygen atoms in total. The van der Waals surface area contributed by atoms with Crippen molar-refractivity contribution in [3.63, 3.8) is 0 Å². The van der Waals surface area contributed by atoms with Crippen LogP contribution in [0.4, 0.5) is 11.5 Å². The summed E-state index contributed by atoms with van der Waals surface area (Å²) >= 11 is 0. The van der Waals surface area contributed by atoms with E-state index in [0.717, 1.165) is 11.5 Å². The molecule has 0 aliphatic rings. The topological polar surface area (TPSA) is 38.9 Å². The highest BCUT2D eigenvalue weighted by Crippen LogP contribution is 2.22. The maximum Gasteiger partial charge on any atom is 0.157 e. The summed E-state index contributed by atoms with van der Waals surface area (Å²) in [6, 6.07) is 13.5. The number of rotatable bonds is 4. The molecule has 0 saturated carbocycles. The van der Waals surface area contributed by atoms with Gasteiger partial charge in [-0.25, -0.2) is 0 Å². The van der Waals surface area contributed by atoms with E-state index in [1.807, 2.05) is 60.2 Å². The Balaban J connectivity index is 2.19. The van der Waals surface area contributed by atoms with Crippen LogP contribution in [-0.4, -0.2) is 11.7 Å². The molecule has 2 aromatic rings. The van der Waals surface area contributed by atoms with Crippen molar-refractivity contribution < 1.29 is 4.74 Å². The SMILES string of the molecule is COC(C)n1cccc1N=Nc1ccccc1. The van der Waals surface area contributed by atoms with Crippen LogP contribution < -0.4 is 0 Å². The third kappa shape index (κ3) is 2.79. The number of benzene rings is 1. The van der Waals surface area contributed by atoms with Crippen LogP contribution in [0.1, 0.15) is 13.2 Å². The quantitative estimate of drug-likeness (QED) is 0.728. The molecule has 0 fully saturated rings. The Morgan fingerprint density at radius 2 is 1.82 bits per heavy atom. The molecule has 1 aromatic carbocycles. The van der Waals surface area contributed by atoms with Crippen LogP contribution in [0.5, 0.6) is 0 Å². The molecule has 0 radical (unpaired) electrons. The predicted octanol–water partition coefficient (Wildman–Crippen LogP) is 4.07. The molecule has 0 aliphatic heterocycles. The first-order chi connectivity index (χ1) is 8.31. The lowest BCUT2D eigenvalue weighted by atomic mass is 10.3. The second kappa shape index (κ2) is 5.41. The minimum atomic E-state index is -0.0466. The predicted molar refractivity (Wildman–Crippen MR) is 66.8 cm³/mol. The van der Waals surface area contributed by atoms with E-state index in [2.05, 4.69) is 10.2 Å². The normalized spacial score (nSPS) is 13.1. The second-order valence-electron chi connectivity index (χ2n) is 3.64. The van der Waals surface area contributed by atoms with Gasteiger partial charge in [-0.3, -0.25) is 0 Å². The van der Waals surface area contributed by atoms with Gasteiger partial charge in [0.15, 0.2) is 5.82 Å². The van der Waals surface area contributed by atoms with Crippen molar-refractivity contribution in [1.29, 1.82) is 0 Å². The number of hydrogen-bond acceptors (Lipinski definition) is 3. The van der Waals surface area contributed by atoms with E-state index in [0.29, 0.717) is 0 Å². The molecule has 17 heavy (non-hydrogen) atoms. The highest BCUT2D eigenvalue weighted by Gasteiger charge is 2.05. The van der Waals surface area contributed by atoms with Crippen molar-refractivity contribution in [2.24, 2.45) is 10.2 Å². The summed E-state index contributed by atoms with van der Waals surface area (Å²) in [5, 5.41) is 8.39. The number of azo groups is 1. The summed E-state index contributed by atoms with van der Waals surface area (Å²) in [6.07, 6.45) is 1.88. The van der Waals surface area contributed by atoms with E-state index in [9.17, 15) is 0 Å². The third-order valence-electron chi connectivity index (χ3n) is 2.51. The standard InChI is InChI=1S/C13H15N3O/c1-11(17-2)16-10-6-9-13(16)15-14-12-7-4-3-5-8-12/h3-11H,1-2H3. The summed E-state index contributed by atoms with van der Waals surface area (Å²) in [6.45, 7) is 1.96. The molecular formula is C13H15N3O. The first-order valence-electron chi connectivity index (χ1n) is 5.47. The van der Waals surface area contributed by atoms with Gasteiger partial charge in [-0.2, -0.15) is 0 Å². The molecule has 1 aromatic heterocycles. The monoisotopic (exact) mass is 229 g/mol. The molecule has 4 heteroatoms. The maximum atomic E-state index is 5.25. The molecule has 1 heterocycles. The second-order valence-corrected chi connectivity index (χ2v) is 3.64. The largest absolute Gasteiger partial charge is 0.362 e. The van der Waals surface area contributed by atoms with Gasteiger partial charge in [-0.15, -0.1) is 10.2 Å². The molecule has 0 amide bonds. The molecular weight excluding hydrogens is 214 g/mol. The Bertz CT molecular complexity index is 490. The molecule has 0 bridgehead atoms. The van der Waals surface area contributed by atoms with Crippen LogP contribution in [0.15, 0.2) is 58.9 Å². The van der Waals surface area contributed by atoms with Crippen molar-refractivity contribution in [3.8, 4) is 0 Å². The van der Waals surface area contributed by atoms with Gasteiger partial charge in [0.25, 0.3) is 0 Å². The molecule has 0 spiro atoms. The van der Waals surface area contributed by atoms with Crippen LogP contribution in [0, 0.1) is 0 Å².